The van der Waals surface area contributed by atoms with Crippen LogP contribution >= 0.6 is 23.2 Å². The van der Waals surface area contributed by atoms with Crippen molar-refractivity contribution in [3.05, 3.63) is 68.2 Å². The zero-order valence-corrected chi connectivity index (χ0v) is 11.6. The summed E-state index contributed by atoms with van der Waals surface area (Å²) < 4.78 is 0. The van der Waals surface area contributed by atoms with Gasteiger partial charge in [-0.05, 0) is 24.3 Å². The second-order valence-corrected chi connectivity index (χ2v) is 4.63. The van der Waals surface area contributed by atoms with E-state index < -0.39 is 4.92 Å². The highest BCUT2D eigenvalue weighted by molar-refractivity contribution is 6.42. The fraction of sp³-hybridized carbons (Fsp3) is 0. The van der Waals surface area contributed by atoms with Crippen LogP contribution < -0.4 is 5.43 Å². The quantitative estimate of drug-likeness (QED) is 0.518. The maximum atomic E-state index is 10.8. The third-order valence-corrected chi connectivity index (χ3v) is 3.19. The number of para-hydroxylation sites is 1. The molecule has 5 nitrogen and oxygen atoms in total. The number of benzene rings is 2. The topological polar surface area (TPSA) is 67.5 Å². The first-order valence-electron chi connectivity index (χ1n) is 5.55. The van der Waals surface area contributed by atoms with Crippen LogP contribution in [0.1, 0.15) is 5.56 Å². The first-order valence-corrected chi connectivity index (χ1v) is 6.31. The molecule has 0 aliphatic carbocycles. The molecule has 20 heavy (non-hydrogen) atoms. The van der Waals surface area contributed by atoms with Gasteiger partial charge in [0.05, 0.1) is 32.4 Å². The summed E-state index contributed by atoms with van der Waals surface area (Å²) in [6.07, 6.45) is 1.38. The Labute approximate surface area is 125 Å². The average Bonchev–Trinajstić information content (AvgIpc) is 2.43. The Hall–Kier alpha value is -2.11. The Balaban J connectivity index is 2.14. The zero-order chi connectivity index (χ0) is 14.5. The molecule has 7 heteroatoms. The van der Waals surface area contributed by atoms with Gasteiger partial charge in [-0.3, -0.25) is 15.5 Å². The normalized spacial score (nSPS) is 10.7. The molecule has 2 aromatic carbocycles. The minimum atomic E-state index is -0.458. The van der Waals surface area contributed by atoms with Crippen molar-refractivity contribution in [3.63, 3.8) is 0 Å². The van der Waals surface area contributed by atoms with Gasteiger partial charge < -0.3 is 0 Å². The summed E-state index contributed by atoms with van der Waals surface area (Å²) in [6.45, 7) is 0. The van der Waals surface area contributed by atoms with Crippen LogP contribution in [-0.4, -0.2) is 11.1 Å². The summed E-state index contributed by atoms with van der Waals surface area (Å²) in [5, 5.41) is 15.6. The van der Waals surface area contributed by atoms with Crippen molar-refractivity contribution in [2.75, 3.05) is 5.43 Å². The number of hydrazone groups is 1. The Kier molecular flexibility index (Phi) is 4.55. The summed E-state index contributed by atoms with van der Waals surface area (Å²) >= 11 is 11.7. The fourth-order valence-electron chi connectivity index (χ4n) is 1.50. The molecular formula is C13H9Cl2N3O2. The van der Waals surface area contributed by atoms with Crippen LogP contribution in [0.15, 0.2) is 47.6 Å². The highest BCUT2D eigenvalue weighted by atomic mass is 35.5. The lowest BCUT2D eigenvalue weighted by atomic mass is 10.2. The van der Waals surface area contributed by atoms with Gasteiger partial charge in [0.15, 0.2) is 0 Å². The smallest absolute Gasteiger partial charge is 0.278 e. The average molecular weight is 310 g/mol. The molecule has 0 atom stereocenters. The van der Waals surface area contributed by atoms with E-state index in [2.05, 4.69) is 10.5 Å². The SMILES string of the molecule is O=[N+]([O-])c1ccccc1C=NNc1ccc(Cl)c(Cl)c1. The van der Waals surface area contributed by atoms with Crippen molar-refractivity contribution >= 4 is 40.8 Å². The van der Waals surface area contributed by atoms with Gasteiger partial charge in [0, 0.05) is 6.07 Å². The number of anilines is 1. The van der Waals surface area contributed by atoms with Gasteiger partial charge >= 0.3 is 0 Å². The molecule has 0 aliphatic heterocycles. The van der Waals surface area contributed by atoms with E-state index in [1.807, 2.05) is 0 Å². The first-order chi connectivity index (χ1) is 9.58. The first kappa shape index (κ1) is 14.3. The van der Waals surface area contributed by atoms with Crippen LogP contribution in [0.3, 0.4) is 0 Å². The van der Waals surface area contributed by atoms with E-state index in [0.717, 1.165) is 0 Å². The second-order valence-electron chi connectivity index (χ2n) is 3.81. The molecule has 0 unspecified atom stereocenters. The molecule has 0 bridgehead atoms. The highest BCUT2D eigenvalue weighted by Gasteiger charge is 2.09. The van der Waals surface area contributed by atoms with E-state index in [-0.39, 0.29) is 5.69 Å². The molecule has 0 heterocycles. The number of nitrogens with one attached hydrogen (secondary N) is 1. The number of rotatable bonds is 4. The standard InChI is InChI=1S/C13H9Cl2N3O2/c14-11-6-5-10(7-12(11)15)17-16-8-9-3-1-2-4-13(9)18(19)20/h1-8,17H. The number of hydrogen-bond acceptors (Lipinski definition) is 4. The van der Waals surface area contributed by atoms with Crippen LogP contribution in [-0.2, 0) is 0 Å². The lowest BCUT2D eigenvalue weighted by molar-refractivity contribution is -0.385. The van der Waals surface area contributed by atoms with E-state index in [1.165, 1.54) is 12.3 Å². The summed E-state index contributed by atoms with van der Waals surface area (Å²) in [5.74, 6) is 0. The van der Waals surface area contributed by atoms with Gasteiger partial charge in [-0.25, -0.2) is 0 Å². The van der Waals surface area contributed by atoms with Crippen molar-refractivity contribution in [2.24, 2.45) is 5.10 Å². The zero-order valence-electron chi connectivity index (χ0n) is 10.1. The molecule has 102 valence electrons. The lowest BCUT2D eigenvalue weighted by Crippen LogP contribution is -1.96. The minimum absolute atomic E-state index is 0.00723. The molecule has 0 saturated carbocycles. The predicted octanol–water partition coefficient (Wildman–Crippen LogP) is 4.35. The summed E-state index contributed by atoms with van der Waals surface area (Å²) in [5.41, 5.74) is 3.76. The van der Waals surface area contributed by atoms with Crippen molar-refractivity contribution in [3.8, 4) is 0 Å². The number of hydrogen-bond donors (Lipinski definition) is 1. The maximum Gasteiger partial charge on any atom is 0.278 e. The predicted molar refractivity (Wildman–Crippen MR) is 80.8 cm³/mol. The molecule has 0 aromatic heterocycles. The van der Waals surface area contributed by atoms with Gasteiger partial charge in [-0.2, -0.15) is 5.10 Å². The molecular weight excluding hydrogens is 301 g/mol. The summed E-state index contributed by atoms with van der Waals surface area (Å²) in [6, 6.07) is 11.3. The van der Waals surface area contributed by atoms with E-state index in [0.29, 0.717) is 21.3 Å². The number of nitro benzene ring substituents is 1. The van der Waals surface area contributed by atoms with Gasteiger partial charge in [-0.15, -0.1) is 0 Å². The van der Waals surface area contributed by atoms with Crippen molar-refractivity contribution < 1.29 is 4.92 Å². The monoisotopic (exact) mass is 309 g/mol. The van der Waals surface area contributed by atoms with Crippen LogP contribution in [0.25, 0.3) is 0 Å². The molecule has 0 amide bonds. The Morgan fingerprint density at radius 1 is 1.15 bits per heavy atom. The summed E-state index contributed by atoms with van der Waals surface area (Å²) in [7, 11) is 0. The van der Waals surface area contributed by atoms with Gasteiger partial charge in [-0.1, -0.05) is 35.3 Å². The Morgan fingerprint density at radius 3 is 2.60 bits per heavy atom. The number of nitro groups is 1. The minimum Gasteiger partial charge on any atom is -0.278 e. The van der Waals surface area contributed by atoms with Gasteiger partial charge in [0.1, 0.15) is 0 Å². The fourth-order valence-corrected chi connectivity index (χ4v) is 1.80. The molecule has 0 aliphatic rings. The van der Waals surface area contributed by atoms with E-state index in [1.54, 1.807) is 36.4 Å². The van der Waals surface area contributed by atoms with Crippen molar-refractivity contribution in [2.45, 2.75) is 0 Å². The van der Waals surface area contributed by atoms with E-state index in [4.69, 9.17) is 23.2 Å². The molecule has 0 radical (unpaired) electrons. The largest absolute Gasteiger partial charge is 0.278 e. The van der Waals surface area contributed by atoms with Crippen molar-refractivity contribution in [1.29, 1.82) is 0 Å². The number of halogens is 2. The maximum absolute atomic E-state index is 10.8. The van der Waals surface area contributed by atoms with E-state index in [9.17, 15) is 10.1 Å². The van der Waals surface area contributed by atoms with Gasteiger partial charge in [0.2, 0.25) is 0 Å². The number of nitrogens with zero attached hydrogens (tertiary/aromatic N) is 2. The molecule has 0 spiro atoms. The van der Waals surface area contributed by atoms with Crippen LogP contribution in [0.4, 0.5) is 11.4 Å². The molecule has 1 N–H and O–H groups in total. The highest BCUT2D eigenvalue weighted by Crippen LogP contribution is 2.25. The Bertz CT molecular complexity index is 674. The summed E-state index contributed by atoms with van der Waals surface area (Å²) in [4.78, 5) is 10.4. The molecule has 2 rings (SSSR count). The molecule has 2 aromatic rings. The molecule has 0 saturated heterocycles. The third kappa shape index (κ3) is 3.46. The second kappa shape index (κ2) is 6.36. The van der Waals surface area contributed by atoms with Crippen LogP contribution in [0.5, 0.6) is 0 Å². The van der Waals surface area contributed by atoms with Crippen LogP contribution in [0.2, 0.25) is 10.0 Å². The Morgan fingerprint density at radius 2 is 1.90 bits per heavy atom. The lowest BCUT2D eigenvalue weighted by Gasteiger charge is -2.02. The van der Waals surface area contributed by atoms with Crippen LogP contribution in [0, 0.1) is 10.1 Å². The molecule has 0 fully saturated rings. The van der Waals surface area contributed by atoms with E-state index >= 15 is 0 Å². The van der Waals surface area contributed by atoms with Crippen molar-refractivity contribution in [1.82, 2.24) is 0 Å². The third-order valence-electron chi connectivity index (χ3n) is 2.45. The van der Waals surface area contributed by atoms with Gasteiger partial charge in [0.25, 0.3) is 5.69 Å².